The Hall–Kier alpha value is -3.10. The molecule has 0 spiro atoms. The monoisotopic (exact) mass is 340 g/mol. The van der Waals surface area contributed by atoms with E-state index < -0.39 is 35.8 Å². The largest absolute Gasteiger partial charge is 0.482 e. The number of nitrogens with one attached hydrogen (secondary N) is 1. The van der Waals surface area contributed by atoms with Gasteiger partial charge in [-0.05, 0) is 18.2 Å². The number of halogens is 3. The average Bonchev–Trinajstić information content (AvgIpc) is 2.58. The van der Waals surface area contributed by atoms with Gasteiger partial charge in [-0.25, -0.2) is 4.79 Å². The summed E-state index contributed by atoms with van der Waals surface area (Å²) < 4.78 is 43.4. The van der Waals surface area contributed by atoms with Gasteiger partial charge in [-0.15, -0.1) is 0 Å². The highest BCUT2D eigenvalue weighted by molar-refractivity contribution is 5.95. The predicted molar refractivity (Wildman–Crippen MR) is 74.7 cm³/mol. The van der Waals surface area contributed by atoms with Gasteiger partial charge in [0.15, 0.2) is 6.61 Å². The first-order chi connectivity index (χ1) is 11.4. The Balaban J connectivity index is 1.90. The molecule has 2 rings (SSSR count). The molecule has 0 aliphatic heterocycles. The van der Waals surface area contributed by atoms with E-state index in [1.54, 1.807) is 35.8 Å². The topological polar surface area (TPSA) is 77.5 Å². The SMILES string of the molecule is O=C(COc1ccccc1)ONC(=O)c1cnccc1C(F)(F)F. The van der Waals surface area contributed by atoms with Crippen molar-refractivity contribution in [3.8, 4) is 5.75 Å². The third-order valence-corrected chi connectivity index (χ3v) is 2.73. The number of amides is 1. The van der Waals surface area contributed by atoms with Crippen LogP contribution >= 0.6 is 0 Å². The number of carbonyl (C=O) groups is 2. The summed E-state index contributed by atoms with van der Waals surface area (Å²) in [6, 6.07) is 8.95. The standard InChI is InChI=1S/C15H11F3N2O4/c16-15(17,18)12-6-7-19-8-11(12)14(22)20-24-13(21)9-23-10-4-2-1-3-5-10/h1-8H,9H2,(H,20,22). The first kappa shape index (κ1) is 17.3. The van der Waals surface area contributed by atoms with E-state index in [4.69, 9.17) is 4.74 Å². The number of pyridine rings is 1. The lowest BCUT2D eigenvalue weighted by Crippen LogP contribution is -2.31. The molecule has 2 aromatic rings. The Bertz CT molecular complexity index is 720. The number of nitrogens with zero attached hydrogens (tertiary/aromatic N) is 1. The van der Waals surface area contributed by atoms with E-state index in [-0.39, 0.29) is 0 Å². The van der Waals surface area contributed by atoms with Crippen LogP contribution in [0.25, 0.3) is 0 Å². The lowest BCUT2D eigenvalue weighted by Gasteiger charge is -2.12. The van der Waals surface area contributed by atoms with Gasteiger partial charge in [0, 0.05) is 12.4 Å². The highest BCUT2D eigenvalue weighted by Gasteiger charge is 2.35. The van der Waals surface area contributed by atoms with Crippen LogP contribution < -0.4 is 10.2 Å². The van der Waals surface area contributed by atoms with Crippen molar-refractivity contribution in [1.29, 1.82) is 0 Å². The van der Waals surface area contributed by atoms with Gasteiger partial charge in [0.2, 0.25) is 0 Å². The van der Waals surface area contributed by atoms with Gasteiger partial charge in [0.05, 0.1) is 11.1 Å². The summed E-state index contributed by atoms with van der Waals surface area (Å²) in [5.74, 6) is -1.83. The molecule has 126 valence electrons. The third-order valence-electron chi connectivity index (χ3n) is 2.73. The molecule has 0 aliphatic rings. The van der Waals surface area contributed by atoms with Crippen LogP contribution in [0.1, 0.15) is 15.9 Å². The quantitative estimate of drug-likeness (QED) is 0.865. The van der Waals surface area contributed by atoms with Crippen LogP contribution in [0.15, 0.2) is 48.8 Å². The van der Waals surface area contributed by atoms with E-state index in [1.807, 2.05) is 0 Å². The zero-order chi connectivity index (χ0) is 17.6. The van der Waals surface area contributed by atoms with Crippen molar-refractivity contribution < 1.29 is 32.3 Å². The summed E-state index contributed by atoms with van der Waals surface area (Å²) in [5, 5.41) is 0. The maximum absolute atomic E-state index is 12.8. The lowest BCUT2D eigenvalue weighted by molar-refractivity contribution is -0.151. The van der Waals surface area contributed by atoms with Crippen molar-refractivity contribution in [2.75, 3.05) is 6.61 Å². The number of alkyl halides is 3. The van der Waals surface area contributed by atoms with Crippen LogP contribution in [0, 0.1) is 0 Å². The smallest absolute Gasteiger partial charge is 0.417 e. The zero-order valence-corrected chi connectivity index (χ0v) is 12.0. The molecule has 0 saturated carbocycles. The number of hydrogen-bond acceptors (Lipinski definition) is 5. The number of rotatable bonds is 4. The van der Waals surface area contributed by atoms with Crippen molar-refractivity contribution >= 4 is 11.9 Å². The minimum atomic E-state index is -4.74. The molecule has 1 aromatic heterocycles. The first-order valence-electron chi connectivity index (χ1n) is 6.57. The molecule has 0 atom stereocenters. The van der Waals surface area contributed by atoms with Gasteiger partial charge in [-0.3, -0.25) is 9.78 Å². The molecule has 1 amide bonds. The molecule has 24 heavy (non-hydrogen) atoms. The average molecular weight is 340 g/mol. The van der Waals surface area contributed by atoms with Gasteiger partial charge >= 0.3 is 12.1 Å². The number of aromatic nitrogens is 1. The Kier molecular flexibility index (Phi) is 5.35. The van der Waals surface area contributed by atoms with Gasteiger partial charge in [-0.1, -0.05) is 18.2 Å². The molecule has 6 nitrogen and oxygen atoms in total. The lowest BCUT2D eigenvalue weighted by atomic mass is 10.1. The summed E-state index contributed by atoms with van der Waals surface area (Å²) in [4.78, 5) is 31.0. The number of benzene rings is 1. The van der Waals surface area contributed by atoms with Crippen molar-refractivity contribution in [2.24, 2.45) is 0 Å². The number of ether oxygens (including phenoxy) is 1. The van der Waals surface area contributed by atoms with Crippen LogP contribution in [-0.2, 0) is 15.8 Å². The van der Waals surface area contributed by atoms with Crippen LogP contribution in [0.2, 0.25) is 0 Å². The van der Waals surface area contributed by atoms with E-state index in [0.717, 1.165) is 12.4 Å². The Morgan fingerprint density at radius 3 is 2.50 bits per heavy atom. The van der Waals surface area contributed by atoms with Crippen molar-refractivity contribution in [3.63, 3.8) is 0 Å². The minimum Gasteiger partial charge on any atom is -0.482 e. The van der Waals surface area contributed by atoms with Gasteiger partial charge in [0.1, 0.15) is 5.75 Å². The minimum absolute atomic E-state index is 0.396. The van der Waals surface area contributed by atoms with E-state index in [9.17, 15) is 22.8 Å². The van der Waals surface area contributed by atoms with Crippen LogP contribution in [0.4, 0.5) is 13.2 Å². The van der Waals surface area contributed by atoms with Crippen molar-refractivity contribution in [2.45, 2.75) is 6.18 Å². The highest BCUT2D eigenvalue weighted by Crippen LogP contribution is 2.31. The fourth-order valence-electron chi connectivity index (χ4n) is 1.67. The molecule has 0 bridgehead atoms. The zero-order valence-electron chi connectivity index (χ0n) is 12.0. The molecule has 0 aliphatic carbocycles. The number of para-hydroxylation sites is 1. The molecule has 1 heterocycles. The Morgan fingerprint density at radius 2 is 1.83 bits per heavy atom. The van der Waals surface area contributed by atoms with Crippen LogP contribution in [0.5, 0.6) is 5.75 Å². The molecular weight excluding hydrogens is 329 g/mol. The van der Waals surface area contributed by atoms with Gasteiger partial charge in [-0.2, -0.15) is 18.7 Å². The summed E-state index contributed by atoms with van der Waals surface area (Å²) in [6.07, 6.45) is -3.11. The highest BCUT2D eigenvalue weighted by atomic mass is 19.4. The first-order valence-corrected chi connectivity index (χ1v) is 6.57. The molecule has 0 radical (unpaired) electrons. The van der Waals surface area contributed by atoms with Gasteiger partial charge in [0.25, 0.3) is 5.91 Å². The molecule has 0 unspecified atom stereocenters. The fourth-order valence-corrected chi connectivity index (χ4v) is 1.67. The molecule has 1 aromatic carbocycles. The van der Waals surface area contributed by atoms with E-state index in [1.165, 1.54) is 0 Å². The Morgan fingerprint density at radius 1 is 1.12 bits per heavy atom. The fraction of sp³-hybridized carbons (Fsp3) is 0.133. The number of hydrogen-bond donors (Lipinski definition) is 1. The molecule has 9 heteroatoms. The third kappa shape index (κ3) is 4.70. The molecular formula is C15H11F3N2O4. The summed E-state index contributed by atoms with van der Waals surface area (Å²) >= 11 is 0. The predicted octanol–water partition coefficient (Wildman–Crippen LogP) is 2.37. The van der Waals surface area contributed by atoms with Crippen molar-refractivity contribution in [3.05, 3.63) is 59.9 Å². The number of hydroxylamine groups is 1. The molecule has 0 saturated heterocycles. The summed E-state index contributed by atoms with van der Waals surface area (Å²) in [5.41, 5.74) is -0.312. The normalized spacial score (nSPS) is 10.8. The number of carbonyl (C=O) groups excluding carboxylic acids is 2. The summed E-state index contributed by atoms with van der Waals surface area (Å²) in [7, 11) is 0. The molecule has 0 fully saturated rings. The molecule has 1 N–H and O–H groups in total. The second-order valence-electron chi connectivity index (χ2n) is 4.43. The van der Waals surface area contributed by atoms with Crippen LogP contribution in [-0.4, -0.2) is 23.5 Å². The second kappa shape index (κ2) is 7.44. The van der Waals surface area contributed by atoms with Crippen LogP contribution in [0.3, 0.4) is 0 Å². The van der Waals surface area contributed by atoms with E-state index in [2.05, 4.69) is 9.82 Å². The van der Waals surface area contributed by atoms with E-state index in [0.29, 0.717) is 11.8 Å². The maximum atomic E-state index is 12.8. The summed E-state index contributed by atoms with van der Waals surface area (Å²) in [6.45, 7) is -0.524. The second-order valence-corrected chi connectivity index (χ2v) is 4.43. The van der Waals surface area contributed by atoms with E-state index >= 15 is 0 Å². The Labute approximate surface area is 134 Å². The van der Waals surface area contributed by atoms with Gasteiger partial charge < -0.3 is 9.57 Å². The van der Waals surface area contributed by atoms with Crippen molar-refractivity contribution in [1.82, 2.24) is 10.5 Å². The maximum Gasteiger partial charge on any atom is 0.417 e.